The molecule has 2 aromatic rings. The van der Waals surface area contributed by atoms with Crippen LogP contribution in [-0.2, 0) is 0 Å². The molecule has 1 aliphatic carbocycles. The van der Waals surface area contributed by atoms with Crippen molar-refractivity contribution in [3.05, 3.63) is 66.1 Å². The number of benzene rings is 2. The van der Waals surface area contributed by atoms with Crippen LogP contribution in [0.15, 0.2) is 23.4 Å². The molecule has 2 aromatic carbocycles. The zero-order valence-corrected chi connectivity index (χ0v) is 14.1. The summed E-state index contributed by atoms with van der Waals surface area (Å²) in [4.78, 5) is 25.4. The van der Waals surface area contributed by atoms with E-state index in [2.05, 4.69) is 5.16 Å². The summed E-state index contributed by atoms with van der Waals surface area (Å²) in [5.74, 6) is -0.985. The topological polar surface area (TPSA) is 66.7 Å². The van der Waals surface area contributed by atoms with Gasteiger partial charge in [-0.2, -0.15) is 0 Å². The van der Waals surface area contributed by atoms with E-state index in [4.69, 9.17) is 51.6 Å². The Bertz CT molecular complexity index is 922. The Balaban J connectivity index is 2.36. The van der Waals surface area contributed by atoms with E-state index in [9.17, 15) is 9.59 Å². The van der Waals surface area contributed by atoms with Crippen LogP contribution in [0.4, 0.5) is 0 Å². The average Bonchev–Trinajstić information content (AvgIpc) is 2.54. The Morgan fingerprint density at radius 3 is 1.87 bits per heavy atom. The molecule has 116 valence electrons. The van der Waals surface area contributed by atoms with E-state index in [0.717, 1.165) is 6.21 Å². The van der Waals surface area contributed by atoms with Crippen molar-refractivity contribution in [2.45, 2.75) is 0 Å². The Labute approximate surface area is 150 Å². The number of ketones is 2. The fourth-order valence-electron chi connectivity index (χ4n) is 2.42. The van der Waals surface area contributed by atoms with Crippen LogP contribution in [0.2, 0.25) is 20.1 Å². The minimum absolute atomic E-state index is 0.0628. The quantitative estimate of drug-likeness (QED) is 0.212. The van der Waals surface area contributed by atoms with Gasteiger partial charge >= 0.3 is 0 Å². The summed E-state index contributed by atoms with van der Waals surface area (Å²) in [6.07, 6.45) is 1.14. The van der Waals surface area contributed by atoms with Gasteiger partial charge in [0, 0.05) is 11.1 Å². The van der Waals surface area contributed by atoms with Crippen molar-refractivity contribution < 1.29 is 14.8 Å². The lowest BCUT2D eigenvalue weighted by Gasteiger charge is -2.21. The molecule has 4 nitrogen and oxygen atoms in total. The van der Waals surface area contributed by atoms with E-state index >= 15 is 0 Å². The monoisotopic (exact) mass is 387 g/mol. The fraction of sp³-hybridized carbons (Fsp3) is 0. The molecule has 23 heavy (non-hydrogen) atoms. The van der Waals surface area contributed by atoms with Gasteiger partial charge in [-0.25, -0.2) is 0 Å². The largest absolute Gasteiger partial charge is 0.411 e. The predicted molar refractivity (Wildman–Crippen MR) is 89.2 cm³/mol. The molecule has 1 N–H and O–H groups in total. The van der Waals surface area contributed by atoms with Gasteiger partial charge in [-0.1, -0.05) is 57.6 Å². The van der Waals surface area contributed by atoms with Gasteiger partial charge in [-0.05, 0) is 17.7 Å². The first-order valence-electron chi connectivity index (χ1n) is 6.15. The van der Waals surface area contributed by atoms with E-state index in [0.29, 0.717) is 5.56 Å². The molecular weight excluding hydrogens is 384 g/mol. The normalized spacial score (nSPS) is 13.4. The highest BCUT2D eigenvalue weighted by Crippen LogP contribution is 2.45. The van der Waals surface area contributed by atoms with E-state index in [-0.39, 0.29) is 42.3 Å². The SMILES string of the molecule is O=C1c2ccc(C=NO)cc2C(=O)c2c(Cl)c(Cl)c(Cl)c(Cl)c21. The Kier molecular flexibility index (Phi) is 4.10. The Hall–Kier alpha value is -1.59. The van der Waals surface area contributed by atoms with Gasteiger partial charge < -0.3 is 5.21 Å². The zero-order chi connectivity index (χ0) is 16.9. The van der Waals surface area contributed by atoms with Crippen molar-refractivity contribution in [3.8, 4) is 0 Å². The minimum Gasteiger partial charge on any atom is -0.411 e. The fourth-order valence-corrected chi connectivity index (χ4v) is 3.45. The number of oxime groups is 1. The summed E-state index contributed by atoms with van der Waals surface area (Å²) in [5, 5.41) is 11.1. The van der Waals surface area contributed by atoms with Crippen LogP contribution < -0.4 is 0 Å². The second kappa shape index (κ2) is 5.80. The van der Waals surface area contributed by atoms with Crippen LogP contribution in [0.1, 0.15) is 37.4 Å². The van der Waals surface area contributed by atoms with Crippen molar-refractivity contribution in [1.82, 2.24) is 0 Å². The summed E-state index contributed by atoms with van der Waals surface area (Å²) in [5.41, 5.74) is 0.581. The predicted octanol–water partition coefficient (Wildman–Crippen LogP) is 4.88. The second-order valence-electron chi connectivity index (χ2n) is 4.71. The molecule has 0 amide bonds. The third kappa shape index (κ3) is 2.34. The molecule has 0 atom stereocenters. The third-order valence-electron chi connectivity index (χ3n) is 3.46. The highest BCUT2D eigenvalue weighted by atomic mass is 35.5. The Morgan fingerprint density at radius 1 is 0.826 bits per heavy atom. The lowest BCUT2D eigenvalue weighted by molar-refractivity contribution is 0.0979. The van der Waals surface area contributed by atoms with Crippen LogP contribution in [0.3, 0.4) is 0 Å². The van der Waals surface area contributed by atoms with Crippen molar-refractivity contribution in [1.29, 1.82) is 0 Å². The van der Waals surface area contributed by atoms with Gasteiger partial charge in [-0.3, -0.25) is 9.59 Å². The van der Waals surface area contributed by atoms with Crippen molar-refractivity contribution in [2.24, 2.45) is 5.16 Å². The summed E-state index contributed by atoms with van der Waals surface area (Å²) in [6, 6.07) is 4.40. The summed E-state index contributed by atoms with van der Waals surface area (Å²) in [6.45, 7) is 0. The maximum atomic E-state index is 12.7. The van der Waals surface area contributed by atoms with Gasteiger partial charge in [0.1, 0.15) is 0 Å². The van der Waals surface area contributed by atoms with Crippen LogP contribution in [0, 0.1) is 0 Å². The number of carbonyl (C=O) groups is 2. The molecule has 1 aliphatic rings. The molecule has 0 aliphatic heterocycles. The third-order valence-corrected chi connectivity index (χ3v) is 5.26. The van der Waals surface area contributed by atoms with Gasteiger partial charge in [0.2, 0.25) is 0 Å². The maximum absolute atomic E-state index is 12.7. The minimum atomic E-state index is -0.506. The van der Waals surface area contributed by atoms with E-state index in [1.165, 1.54) is 18.2 Å². The van der Waals surface area contributed by atoms with E-state index < -0.39 is 11.6 Å². The number of halogens is 4. The molecular formula is C15H5Cl4NO3. The smallest absolute Gasteiger partial charge is 0.196 e. The van der Waals surface area contributed by atoms with Gasteiger partial charge in [-0.15, -0.1) is 0 Å². The molecule has 0 bridgehead atoms. The number of fused-ring (bicyclic) bond motifs is 2. The first kappa shape index (κ1) is 16.3. The Morgan fingerprint density at radius 2 is 1.35 bits per heavy atom. The molecule has 0 spiro atoms. The lowest BCUT2D eigenvalue weighted by Crippen LogP contribution is -2.22. The molecule has 3 rings (SSSR count). The van der Waals surface area contributed by atoms with Crippen LogP contribution >= 0.6 is 46.4 Å². The van der Waals surface area contributed by atoms with Gasteiger partial charge in [0.25, 0.3) is 0 Å². The molecule has 0 heterocycles. The van der Waals surface area contributed by atoms with Crippen LogP contribution in [0.25, 0.3) is 0 Å². The molecule has 0 aromatic heterocycles. The first-order valence-corrected chi connectivity index (χ1v) is 7.66. The van der Waals surface area contributed by atoms with Gasteiger partial charge in [0.15, 0.2) is 11.6 Å². The van der Waals surface area contributed by atoms with Crippen molar-refractivity contribution in [3.63, 3.8) is 0 Å². The van der Waals surface area contributed by atoms with Crippen molar-refractivity contribution >= 4 is 64.2 Å². The summed E-state index contributed by atoms with van der Waals surface area (Å²) in [7, 11) is 0. The summed E-state index contributed by atoms with van der Waals surface area (Å²) < 4.78 is 0. The molecule has 0 saturated heterocycles. The molecule has 0 unspecified atom stereocenters. The number of rotatable bonds is 1. The summed E-state index contributed by atoms with van der Waals surface area (Å²) >= 11 is 24.1. The van der Waals surface area contributed by atoms with Crippen LogP contribution in [0.5, 0.6) is 0 Å². The molecule has 0 saturated carbocycles. The van der Waals surface area contributed by atoms with Crippen LogP contribution in [-0.4, -0.2) is 23.0 Å². The molecule has 0 radical (unpaired) electrons. The number of carbonyl (C=O) groups excluding carboxylic acids is 2. The first-order chi connectivity index (χ1) is 10.9. The van der Waals surface area contributed by atoms with E-state index in [1.807, 2.05) is 0 Å². The number of hydrogen-bond acceptors (Lipinski definition) is 4. The second-order valence-corrected chi connectivity index (χ2v) is 6.23. The zero-order valence-electron chi connectivity index (χ0n) is 11.0. The van der Waals surface area contributed by atoms with E-state index in [1.54, 1.807) is 0 Å². The highest BCUT2D eigenvalue weighted by Gasteiger charge is 2.36. The number of nitrogens with zero attached hydrogens (tertiary/aromatic N) is 1. The highest BCUT2D eigenvalue weighted by molar-refractivity contribution is 6.55. The standard InChI is InChI=1S/C15H5Cl4NO3/c16-10-8-9(11(17)13(19)12(10)18)15(22)7-3-5(4-20-23)1-2-6(7)14(8)21/h1-4,23H. The average molecular weight is 389 g/mol. The van der Waals surface area contributed by atoms with Crippen molar-refractivity contribution in [2.75, 3.05) is 0 Å². The molecule has 8 heteroatoms. The molecule has 0 fully saturated rings. The lowest BCUT2D eigenvalue weighted by atomic mass is 9.83. The maximum Gasteiger partial charge on any atom is 0.196 e. The number of hydrogen-bond donors (Lipinski definition) is 1. The van der Waals surface area contributed by atoms with Gasteiger partial charge in [0.05, 0.1) is 37.4 Å².